The molecule has 0 radical (unpaired) electrons. The largest absolute Gasteiger partial charge is 0.390 e. The molecule has 0 atom stereocenters. The third kappa shape index (κ3) is 3.27. The van der Waals surface area contributed by atoms with E-state index in [1.54, 1.807) is 6.92 Å². The molecule has 1 aromatic rings. The summed E-state index contributed by atoms with van der Waals surface area (Å²) in [7, 11) is 0. The number of hydrogen-bond donors (Lipinski definition) is 2. The fourth-order valence-electron chi connectivity index (χ4n) is 1.27. The van der Waals surface area contributed by atoms with Crippen molar-refractivity contribution in [3.63, 3.8) is 0 Å². The van der Waals surface area contributed by atoms with E-state index in [0.29, 0.717) is 6.54 Å². The molecule has 0 aliphatic carbocycles. The maximum absolute atomic E-state index is 11.9. The van der Waals surface area contributed by atoms with Crippen molar-refractivity contribution in [3.05, 3.63) is 5.56 Å². The Morgan fingerprint density at radius 2 is 2.18 bits per heavy atom. The van der Waals surface area contributed by atoms with Gasteiger partial charge in [-0.15, -0.1) is 0 Å². The molecule has 3 N–H and O–H groups in total. The molecule has 17 heavy (non-hydrogen) atoms. The van der Waals surface area contributed by atoms with Crippen molar-refractivity contribution in [2.75, 3.05) is 17.6 Å². The van der Waals surface area contributed by atoms with E-state index in [9.17, 15) is 13.2 Å². The van der Waals surface area contributed by atoms with Gasteiger partial charge >= 0.3 is 6.18 Å². The number of aromatic nitrogens is 2. The van der Waals surface area contributed by atoms with Crippen molar-refractivity contribution >= 4 is 11.6 Å². The number of nitrogens with one attached hydrogen (secondary N) is 1. The Labute approximate surface area is 96.0 Å². The maximum Gasteiger partial charge on any atom is 0.390 e. The minimum Gasteiger partial charge on any atom is -0.383 e. The van der Waals surface area contributed by atoms with Gasteiger partial charge in [-0.2, -0.15) is 23.5 Å². The van der Waals surface area contributed by atoms with Gasteiger partial charge in [0.25, 0.3) is 0 Å². The lowest BCUT2D eigenvalue weighted by molar-refractivity contribution is -0.131. The van der Waals surface area contributed by atoms with Gasteiger partial charge in [0.05, 0.1) is 6.42 Å². The van der Waals surface area contributed by atoms with Crippen molar-refractivity contribution in [1.82, 2.24) is 9.78 Å². The second-order valence-electron chi connectivity index (χ2n) is 3.33. The lowest BCUT2D eigenvalue weighted by Gasteiger charge is -2.06. The van der Waals surface area contributed by atoms with Gasteiger partial charge in [-0.1, -0.05) is 0 Å². The summed E-state index contributed by atoms with van der Waals surface area (Å²) in [6.07, 6.45) is -5.23. The van der Waals surface area contributed by atoms with Gasteiger partial charge < -0.3 is 11.1 Å². The molecule has 0 unspecified atom stereocenters. The third-order valence-corrected chi connectivity index (χ3v) is 2.10. The number of nitrogens with two attached hydrogens (primary N) is 1. The highest BCUT2D eigenvalue weighted by molar-refractivity contribution is 5.63. The summed E-state index contributed by atoms with van der Waals surface area (Å²) in [5.74, 6) is 0.251. The Morgan fingerprint density at radius 3 is 2.65 bits per heavy atom. The van der Waals surface area contributed by atoms with E-state index < -0.39 is 12.6 Å². The zero-order valence-corrected chi connectivity index (χ0v) is 9.17. The van der Waals surface area contributed by atoms with Crippen LogP contribution in [0.1, 0.15) is 18.9 Å². The highest BCUT2D eigenvalue weighted by Gasteiger charge is 2.26. The maximum atomic E-state index is 11.9. The minimum atomic E-state index is -4.24. The lowest BCUT2D eigenvalue weighted by atomic mass is 10.3. The summed E-state index contributed by atoms with van der Waals surface area (Å²) < 4.78 is 37.2. The molecule has 0 bridgehead atoms. The van der Waals surface area contributed by atoms with E-state index in [1.807, 2.05) is 6.07 Å². The molecule has 1 heterocycles. The topological polar surface area (TPSA) is 79.7 Å². The molecule has 5 nitrogen and oxygen atoms in total. The van der Waals surface area contributed by atoms with Crippen LogP contribution >= 0.6 is 0 Å². The van der Waals surface area contributed by atoms with Crippen LogP contribution in [0.2, 0.25) is 0 Å². The molecule has 0 aromatic carbocycles. The second kappa shape index (κ2) is 4.95. The van der Waals surface area contributed by atoms with E-state index in [-0.39, 0.29) is 23.7 Å². The van der Waals surface area contributed by atoms with Gasteiger partial charge in [0, 0.05) is 13.1 Å². The molecule has 94 valence electrons. The predicted molar refractivity (Wildman–Crippen MR) is 56.2 cm³/mol. The second-order valence-corrected chi connectivity index (χ2v) is 3.33. The zero-order chi connectivity index (χ0) is 13.1. The number of nitriles is 1. The zero-order valence-electron chi connectivity index (χ0n) is 9.17. The molecule has 0 spiro atoms. The quantitative estimate of drug-likeness (QED) is 0.849. The summed E-state index contributed by atoms with van der Waals surface area (Å²) in [5, 5.41) is 15.2. The van der Waals surface area contributed by atoms with Crippen LogP contribution in [0.25, 0.3) is 0 Å². The van der Waals surface area contributed by atoms with Gasteiger partial charge in [-0.05, 0) is 6.92 Å². The molecule has 1 rings (SSSR count). The minimum absolute atomic E-state index is 0.0778. The Kier molecular flexibility index (Phi) is 3.83. The first-order chi connectivity index (χ1) is 7.89. The van der Waals surface area contributed by atoms with Gasteiger partial charge in [0.15, 0.2) is 5.82 Å². The number of aryl methyl sites for hydroxylation is 1. The average molecular weight is 247 g/mol. The first kappa shape index (κ1) is 13.2. The van der Waals surface area contributed by atoms with E-state index in [4.69, 9.17) is 11.0 Å². The number of rotatable bonds is 4. The van der Waals surface area contributed by atoms with E-state index in [2.05, 4.69) is 10.4 Å². The van der Waals surface area contributed by atoms with Crippen molar-refractivity contribution in [3.8, 4) is 6.07 Å². The van der Waals surface area contributed by atoms with E-state index in [0.717, 1.165) is 0 Å². The van der Waals surface area contributed by atoms with Crippen molar-refractivity contribution in [1.29, 1.82) is 5.26 Å². The first-order valence-electron chi connectivity index (χ1n) is 4.96. The molecule has 0 amide bonds. The molecule has 0 saturated heterocycles. The molecular weight excluding hydrogens is 235 g/mol. The molecule has 0 aliphatic rings. The van der Waals surface area contributed by atoms with Crippen LogP contribution < -0.4 is 11.1 Å². The number of hydrogen-bond acceptors (Lipinski definition) is 4. The number of nitrogen functional groups attached to an aromatic ring is 1. The fraction of sp³-hybridized carbons (Fsp3) is 0.556. The van der Waals surface area contributed by atoms with Gasteiger partial charge in [0.1, 0.15) is 17.5 Å². The van der Waals surface area contributed by atoms with E-state index >= 15 is 0 Å². The number of halogens is 3. The van der Waals surface area contributed by atoms with Crippen LogP contribution in [0.3, 0.4) is 0 Å². The van der Waals surface area contributed by atoms with Crippen LogP contribution in [0.4, 0.5) is 24.8 Å². The van der Waals surface area contributed by atoms with Crippen LogP contribution in [0.5, 0.6) is 0 Å². The first-order valence-corrected chi connectivity index (χ1v) is 4.96. The Hall–Kier alpha value is -1.91. The summed E-state index contributed by atoms with van der Waals surface area (Å²) in [4.78, 5) is 0. The molecular formula is C9H12F3N5. The fourth-order valence-corrected chi connectivity index (χ4v) is 1.27. The highest BCUT2D eigenvalue weighted by atomic mass is 19.4. The smallest absolute Gasteiger partial charge is 0.383 e. The van der Waals surface area contributed by atoms with E-state index in [1.165, 1.54) is 4.68 Å². The summed E-state index contributed by atoms with van der Waals surface area (Å²) >= 11 is 0. The third-order valence-electron chi connectivity index (χ3n) is 2.10. The van der Waals surface area contributed by atoms with Gasteiger partial charge in [-0.3, -0.25) is 0 Å². The van der Waals surface area contributed by atoms with Gasteiger partial charge in [-0.25, -0.2) is 4.68 Å². The molecule has 0 fully saturated rings. The normalized spacial score (nSPS) is 11.2. The lowest BCUT2D eigenvalue weighted by Crippen LogP contribution is -2.15. The van der Waals surface area contributed by atoms with Crippen LogP contribution in [-0.4, -0.2) is 22.5 Å². The summed E-state index contributed by atoms with van der Waals surface area (Å²) in [6.45, 7) is 1.88. The van der Waals surface area contributed by atoms with Gasteiger partial charge in [0.2, 0.25) is 0 Å². The van der Waals surface area contributed by atoms with Crippen LogP contribution in [-0.2, 0) is 6.54 Å². The van der Waals surface area contributed by atoms with Crippen molar-refractivity contribution in [2.24, 2.45) is 0 Å². The van der Waals surface area contributed by atoms with Crippen LogP contribution in [0.15, 0.2) is 0 Å². The molecule has 1 aromatic heterocycles. The number of nitrogens with zero attached hydrogens (tertiary/aromatic N) is 3. The predicted octanol–water partition coefficient (Wildman–Crippen LogP) is 1.72. The monoisotopic (exact) mass is 247 g/mol. The Morgan fingerprint density at radius 1 is 1.53 bits per heavy atom. The Bertz CT molecular complexity index is 429. The van der Waals surface area contributed by atoms with Crippen LogP contribution in [0, 0.1) is 11.3 Å². The summed E-state index contributed by atoms with van der Waals surface area (Å²) in [5.41, 5.74) is 5.68. The molecule has 8 heteroatoms. The average Bonchev–Trinajstić information content (AvgIpc) is 2.53. The Balaban J connectivity index is 2.75. The standard InChI is InChI=1S/C9H12F3N5/c1-2-17-7(14)6(5-13)8(16-17)15-4-3-9(10,11)12/h2-4,14H2,1H3,(H,15,16). The highest BCUT2D eigenvalue weighted by Crippen LogP contribution is 2.22. The molecule has 0 aliphatic heterocycles. The van der Waals surface area contributed by atoms with Crippen molar-refractivity contribution < 1.29 is 13.2 Å². The SMILES string of the molecule is CCn1nc(NCCC(F)(F)F)c(C#N)c1N. The number of alkyl halides is 3. The molecule has 0 saturated carbocycles. The number of anilines is 2. The summed E-state index contributed by atoms with van der Waals surface area (Å²) in [6, 6.07) is 1.81. The van der Waals surface area contributed by atoms with Crippen molar-refractivity contribution in [2.45, 2.75) is 26.1 Å².